The van der Waals surface area contributed by atoms with Crippen LogP contribution in [0, 0.1) is 11.3 Å². The van der Waals surface area contributed by atoms with Crippen molar-refractivity contribution in [3.63, 3.8) is 0 Å². The highest BCUT2D eigenvalue weighted by atomic mass is 28.3. The minimum atomic E-state index is -1.41. The summed E-state index contributed by atoms with van der Waals surface area (Å²) in [6.45, 7) is 15.5. The minimum absolute atomic E-state index is 0.0352. The van der Waals surface area contributed by atoms with E-state index in [0.717, 1.165) is 43.6 Å². The molecule has 0 aliphatic heterocycles. The van der Waals surface area contributed by atoms with Crippen LogP contribution in [0.3, 0.4) is 0 Å². The van der Waals surface area contributed by atoms with E-state index in [4.69, 9.17) is 4.74 Å². The van der Waals surface area contributed by atoms with E-state index in [-0.39, 0.29) is 17.3 Å². The average molecular weight is 351 g/mol. The summed E-state index contributed by atoms with van der Waals surface area (Å²) >= 11 is 0. The van der Waals surface area contributed by atoms with Crippen LogP contribution < -0.4 is 0 Å². The van der Waals surface area contributed by atoms with Gasteiger partial charge in [-0.05, 0) is 50.0 Å². The van der Waals surface area contributed by atoms with Crippen molar-refractivity contribution < 1.29 is 14.3 Å². The van der Waals surface area contributed by atoms with E-state index < -0.39 is 8.07 Å². The zero-order valence-electron chi connectivity index (χ0n) is 16.1. The maximum absolute atomic E-state index is 12.3. The summed E-state index contributed by atoms with van der Waals surface area (Å²) in [5.74, 6) is 0.0842. The van der Waals surface area contributed by atoms with Crippen molar-refractivity contribution in [2.24, 2.45) is 11.3 Å². The number of rotatable bonds is 8. The summed E-state index contributed by atoms with van der Waals surface area (Å²) in [7, 11) is -1.41. The van der Waals surface area contributed by atoms with Crippen molar-refractivity contribution in [3.05, 3.63) is 23.8 Å². The number of hydrogen-bond acceptors (Lipinski definition) is 3. The molecule has 0 spiro atoms. The first-order chi connectivity index (χ1) is 11.1. The van der Waals surface area contributed by atoms with Crippen molar-refractivity contribution in [3.8, 4) is 0 Å². The Labute approximate surface area is 148 Å². The summed E-state index contributed by atoms with van der Waals surface area (Å²) in [6, 6.07) is 0.829. The number of allylic oxidation sites excluding steroid dienone is 2. The predicted molar refractivity (Wildman–Crippen MR) is 103 cm³/mol. The lowest BCUT2D eigenvalue weighted by atomic mass is 9.63. The third-order valence-electron chi connectivity index (χ3n) is 4.99. The molecule has 1 aliphatic rings. The first-order valence-corrected chi connectivity index (χ1v) is 12.8. The maximum atomic E-state index is 12.3. The van der Waals surface area contributed by atoms with Crippen LogP contribution in [0.15, 0.2) is 23.8 Å². The van der Waals surface area contributed by atoms with Crippen LogP contribution in [0.25, 0.3) is 0 Å². The molecular formula is C20H34O3Si. The molecule has 0 heterocycles. The molecule has 0 radical (unpaired) electrons. The first kappa shape index (κ1) is 20.9. The Morgan fingerprint density at radius 2 is 2.08 bits per heavy atom. The Bertz CT molecular complexity index is 502. The Hall–Kier alpha value is -1.16. The number of carbonyl (C=O) groups excluding carboxylic acids is 2. The molecule has 1 saturated carbocycles. The average Bonchev–Trinajstić information content (AvgIpc) is 2.44. The summed E-state index contributed by atoms with van der Waals surface area (Å²) in [6.07, 6.45) is 7.62. The van der Waals surface area contributed by atoms with E-state index in [1.165, 1.54) is 5.57 Å². The summed E-state index contributed by atoms with van der Waals surface area (Å²) in [5.41, 5.74) is 1.99. The summed E-state index contributed by atoms with van der Waals surface area (Å²) in [5, 5.41) is 0. The van der Waals surface area contributed by atoms with Crippen LogP contribution in [0.2, 0.25) is 25.7 Å². The summed E-state index contributed by atoms with van der Waals surface area (Å²) < 4.78 is 5.25. The molecule has 0 saturated heterocycles. The first-order valence-electron chi connectivity index (χ1n) is 9.10. The highest BCUT2D eigenvalue weighted by molar-refractivity contribution is 6.77. The molecule has 2 atom stereocenters. The molecule has 3 nitrogen and oxygen atoms in total. The van der Waals surface area contributed by atoms with Crippen molar-refractivity contribution in [1.29, 1.82) is 0 Å². The van der Waals surface area contributed by atoms with Crippen molar-refractivity contribution >= 4 is 20.3 Å². The second kappa shape index (κ2) is 8.79. The largest absolute Gasteiger partial charge is 0.463 e. The molecule has 1 aliphatic carbocycles. The smallest absolute Gasteiger partial charge is 0.333 e. The number of carbonyl (C=O) groups is 2. The molecule has 4 heteroatoms. The zero-order valence-corrected chi connectivity index (χ0v) is 17.1. The Balaban J connectivity index is 3.01. The highest BCUT2D eigenvalue weighted by Gasteiger charge is 2.37. The van der Waals surface area contributed by atoms with E-state index in [0.29, 0.717) is 13.0 Å². The van der Waals surface area contributed by atoms with Gasteiger partial charge in [-0.1, -0.05) is 44.8 Å². The lowest BCUT2D eigenvalue weighted by Crippen LogP contribution is -2.32. The third kappa shape index (κ3) is 6.04. The molecule has 0 amide bonds. The van der Waals surface area contributed by atoms with Crippen LogP contribution in [0.4, 0.5) is 0 Å². The number of ether oxygens (including phenoxy) is 1. The molecule has 0 aromatic carbocycles. The van der Waals surface area contributed by atoms with Crippen LogP contribution >= 0.6 is 0 Å². The molecule has 0 unspecified atom stereocenters. The van der Waals surface area contributed by atoms with Crippen LogP contribution in [0.1, 0.15) is 46.0 Å². The van der Waals surface area contributed by atoms with Gasteiger partial charge in [-0.3, -0.25) is 0 Å². The van der Waals surface area contributed by atoms with Crippen molar-refractivity contribution in [2.45, 2.75) is 71.6 Å². The van der Waals surface area contributed by atoms with Gasteiger partial charge in [0.15, 0.2) is 0 Å². The molecule has 136 valence electrons. The van der Waals surface area contributed by atoms with Gasteiger partial charge in [0.05, 0.1) is 6.61 Å². The molecule has 0 N–H and O–H groups in total. The summed E-state index contributed by atoms with van der Waals surface area (Å²) in [4.78, 5) is 23.5. The van der Waals surface area contributed by atoms with Gasteiger partial charge in [0.25, 0.3) is 0 Å². The van der Waals surface area contributed by atoms with E-state index in [1.807, 2.05) is 6.92 Å². The number of aldehydes is 1. The lowest BCUT2D eigenvalue weighted by molar-refractivity contribution is -0.138. The van der Waals surface area contributed by atoms with Crippen LogP contribution in [-0.4, -0.2) is 26.9 Å². The topological polar surface area (TPSA) is 43.4 Å². The normalized spacial score (nSPS) is 25.5. The van der Waals surface area contributed by atoms with Gasteiger partial charge >= 0.3 is 5.97 Å². The number of esters is 1. The Morgan fingerprint density at radius 3 is 2.62 bits per heavy atom. The van der Waals surface area contributed by atoms with Gasteiger partial charge in [-0.25, -0.2) is 4.79 Å². The second-order valence-corrected chi connectivity index (χ2v) is 14.0. The molecular weight excluding hydrogens is 316 g/mol. The Morgan fingerprint density at radius 1 is 1.42 bits per heavy atom. The van der Waals surface area contributed by atoms with E-state index in [9.17, 15) is 9.59 Å². The van der Waals surface area contributed by atoms with E-state index >= 15 is 0 Å². The van der Waals surface area contributed by atoms with Crippen molar-refractivity contribution in [1.82, 2.24) is 0 Å². The lowest BCUT2D eigenvalue weighted by Gasteiger charge is -2.42. The fraction of sp³-hybridized carbons (Fsp3) is 0.700. The molecule has 0 bridgehead atoms. The van der Waals surface area contributed by atoms with Crippen LogP contribution in [0.5, 0.6) is 0 Å². The molecule has 0 aromatic rings. The molecule has 1 fully saturated rings. The van der Waals surface area contributed by atoms with E-state index in [2.05, 4.69) is 39.2 Å². The predicted octanol–water partition coefficient (Wildman–Crippen LogP) is 5.16. The van der Waals surface area contributed by atoms with Gasteiger partial charge in [-0.15, -0.1) is 0 Å². The molecule has 1 rings (SSSR count). The standard InChI is InChI=1S/C20H34O3Si/c1-7-23-19(22)17(15-24(4,5)6)10-11-18-16(2)9-8-12-20(18,3)13-14-21/h10,14,18H,2,7-9,11-13,15H2,1,3-6H3/b17-10+/t18-,20+/m0/s1. The van der Waals surface area contributed by atoms with Gasteiger partial charge in [0.2, 0.25) is 0 Å². The number of hydrogen-bond donors (Lipinski definition) is 0. The van der Waals surface area contributed by atoms with Gasteiger partial charge in [-0.2, -0.15) is 0 Å². The molecule has 0 aromatic heterocycles. The minimum Gasteiger partial charge on any atom is -0.463 e. The Kier molecular flexibility index (Phi) is 7.65. The maximum Gasteiger partial charge on any atom is 0.333 e. The third-order valence-corrected chi connectivity index (χ3v) is 6.43. The SMILES string of the molecule is C=C1CCC[C@](C)(CC=O)[C@H]1C/C=C(\C[Si](C)(C)C)C(=O)OCC. The van der Waals surface area contributed by atoms with Crippen molar-refractivity contribution in [2.75, 3.05) is 6.61 Å². The quantitative estimate of drug-likeness (QED) is 0.200. The molecule has 24 heavy (non-hydrogen) atoms. The fourth-order valence-electron chi connectivity index (χ4n) is 3.73. The van der Waals surface area contributed by atoms with Gasteiger partial charge < -0.3 is 9.53 Å². The fourth-order valence-corrected chi connectivity index (χ4v) is 5.16. The zero-order chi connectivity index (χ0) is 18.4. The van der Waals surface area contributed by atoms with Gasteiger partial charge in [0, 0.05) is 20.1 Å². The monoisotopic (exact) mass is 350 g/mol. The van der Waals surface area contributed by atoms with Gasteiger partial charge in [0.1, 0.15) is 6.29 Å². The van der Waals surface area contributed by atoms with E-state index in [1.54, 1.807) is 0 Å². The highest BCUT2D eigenvalue weighted by Crippen LogP contribution is 2.47. The van der Waals surface area contributed by atoms with Crippen LogP contribution in [-0.2, 0) is 14.3 Å². The second-order valence-electron chi connectivity index (χ2n) is 8.51.